The maximum atomic E-state index is 4.70. The van der Waals surface area contributed by atoms with E-state index in [1.54, 1.807) is 0 Å². The van der Waals surface area contributed by atoms with Crippen LogP contribution in [0.1, 0.15) is 26.5 Å². The number of hydrogen-bond donors (Lipinski definition) is 0. The Morgan fingerprint density at radius 2 is 1.30 bits per heavy atom. The van der Waals surface area contributed by atoms with E-state index in [9.17, 15) is 0 Å². The van der Waals surface area contributed by atoms with Crippen LogP contribution in [0, 0.1) is 0 Å². The van der Waals surface area contributed by atoms with Crippen LogP contribution in [0.15, 0.2) is 66.9 Å². The quantitative estimate of drug-likeness (QED) is 0.455. The Morgan fingerprint density at radius 1 is 0.739 bits per heavy atom. The zero-order valence-corrected chi connectivity index (χ0v) is 13.7. The molecule has 0 amide bonds. The van der Waals surface area contributed by atoms with Gasteiger partial charge < -0.3 is 4.57 Å². The minimum atomic E-state index is 0.0688. The Balaban J connectivity index is 2.01. The van der Waals surface area contributed by atoms with Crippen LogP contribution in [-0.4, -0.2) is 9.55 Å². The van der Waals surface area contributed by atoms with Gasteiger partial charge in [0.1, 0.15) is 0 Å². The van der Waals surface area contributed by atoms with Gasteiger partial charge in [0, 0.05) is 21.9 Å². The smallest absolute Gasteiger partial charge is 0.0645 e. The van der Waals surface area contributed by atoms with Gasteiger partial charge in [-0.2, -0.15) is 0 Å². The fourth-order valence-electron chi connectivity index (χ4n) is 3.16. The first kappa shape index (κ1) is 14.0. The molecule has 114 valence electrons. The normalized spacial score (nSPS) is 12.1. The van der Waals surface area contributed by atoms with Gasteiger partial charge in [-0.05, 0) is 24.3 Å². The minimum absolute atomic E-state index is 0.0688. The topological polar surface area (TPSA) is 17.8 Å². The second-order valence-electron chi connectivity index (χ2n) is 7.02. The van der Waals surface area contributed by atoms with Gasteiger partial charge in [-0.3, -0.25) is 4.98 Å². The van der Waals surface area contributed by atoms with E-state index in [2.05, 4.69) is 86.0 Å². The van der Waals surface area contributed by atoms with Crippen molar-refractivity contribution in [1.82, 2.24) is 9.55 Å². The highest BCUT2D eigenvalue weighted by molar-refractivity contribution is 6.09. The highest BCUT2D eigenvalue weighted by atomic mass is 15.0. The molecule has 0 aliphatic carbocycles. The summed E-state index contributed by atoms with van der Waals surface area (Å²) in [6.45, 7) is 6.57. The molecule has 0 saturated carbocycles. The molecular formula is C21H20N2. The average Bonchev–Trinajstić information content (AvgIpc) is 2.89. The standard InChI is InChI=1S/C21H20N2/c1-21(2,3)20-13-12-15(14-22-20)23-18-10-6-4-8-16(18)17-9-5-7-11-19(17)23/h4-14H,1-3H3. The van der Waals surface area contributed by atoms with E-state index in [1.165, 1.54) is 21.8 Å². The fourth-order valence-corrected chi connectivity index (χ4v) is 3.16. The van der Waals surface area contributed by atoms with Gasteiger partial charge in [0.15, 0.2) is 0 Å². The average molecular weight is 300 g/mol. The van der Waals surface area contributed by atoms with E-state index in [-0.39, 0.29) is 5.41 Å². The zero-order valence-electron chi connectivity index (χ0n) is 13.7. The summed E-state index contributed by atoms with van der Waals surface area (Å²) in [7, 11) is 0. The Hall–Kier alpha value is -2.61. The Morgan fingerprint density at radius 3 is 1.78 bits per heavy atom. The van der Waals surface area contributed by atoms with Crippen molar-refractivity contribution < 1.29 is 0 Å². The first-order chi connectivity index (χ1) is 11.1. The molecule has 0 radical (unpaired) electrons. The van der Waals surface area contributed by atoms with Crippen molar-refractivity contribution in [3.8, 4) is 5.69 Å². The predicted molar refractivity (Wildman–Crippen MR) is 97.3 cm³/mol. The van der Waals surface area contributed by atoms with Gasteiger partial charge in [0.05, 0.1) is 22.9 Å². The largest absolute Gasteiger partial charge is 0.308 e. The van der Waals surface area contributed by atoms with Crippen LogP contribution in [0.5, 0.6) is 0 Å². The molecule has 0 spiro atoms. The lowest BCUT2D eigenvalue weighted by Crippen LogP contribution is -2.13. The van der Waals surface area contributed by atoms with Crippen molar-refractivity contribution >= 4 is 21.8 Å². The van der Waals surface area contributed by atoms with Gasteiger partial charge in [0.25, 0.3) is 0 Å². The summed E-state index contributed by atoms with van der Waals surface area (Å²) in [4.78, 5) is 4.70. The molecule has 23 heavy (non-hydrogen) atoms. The molecule has 4 aromatic rings. The molecule has 2 heteroatoms. The van der Waals surface area contributed by atoms with Gasteiger partial charge >= 0.3 is 0 Å². The Bertz CT molecular complexity index is 933. The molecule has 2 aromatic heterocycles. The van der Waals surface area contributed by atoms with Crippen LogP contribution in [0.2, 0.25) is 0 Å². The molecule has 2 aromatic carbocycles. The maximum absolute atomic E-state index is 4.70. The maximum Gasteiger partial charge on any atom is 0.0645 e. The number of rotatable bonds is 1. The van der Waals surface area contributed by atoms with Crippen LogP contribution in [0.3, 0.4) is 0 Å². The van der Waals surface area contributed by atoms with Crippen LogP contribution in [0.4, 0.5) is 0 Å². The minimum Gasteiger partial charge on any atom is -0.308 e. The highest BCUT2D eigenvalue weighted by Gasteiger charge is 2.16. The molecule has 0 atom stereocenters. The second kappa shape index (κ2) is 4.95. The summed E-state index contributed by atoms with van der Waals surface area (Å²) in [6, 6.07) is 21.4. The van der Waals surface area contributed by atoms with Crippen LogP contribution >= 0.6 is 0 Å². The van der Waals surface area contributed by atoms with Crippen molar-refractivity contribution in [3.63, 3.8) is 0 Å². The lowest BCUT2D eigenvalue weighted by molar-refractivity contribution is 0.569. The van der Waals surface area contributed by atoms with Gasteiger partial charge in [-0.25, -0.2) is 0 Å². The molecule has 2 nitrogen and oxygen atoms in total. The number of fused-ring (bicyclic) bond motifs is 3. The van der Waals surface area contributed by atoms with Crippen LogP contribution < -0.4 is 0 Å². The van der Waals surface area contributed by atoms with E-state index in [0.29, 0.717) is 0 Å². The first-order valence-electron chi connectivity index (χ1n) is 8.01. The predicted octanol–water partition coefficient (Wildman–Crippen LogP) is 5.48. The summed E-state index contributed by atoms with van der Waals surface area (Å²) in [5.74, 6) is 0. The number of hydrogen-bond acceptors (Lipinski definition) is 1. The summed E-state index contributed by atoms with van der Waals surface area (Å²) in [6.07, 6.45) is 1.99. The number of benzene rings is 2. The number of aromatic nitrogens is 2. The molecule has 0 unspecified atom stereocenters. The third-order valence-electron chi connectivity index (χ3n) is 4.35. The van der Waals surface area contributed by atoms with Gasteiger partial charge in [0.2, 0.25) is 0 Å². The monoisotopic (exact) mass is 300 g/mol. The molecule has 0 saturated heterocycles. The van der Waals surface area contributed by atoms with Gasteiger partial charge in [-0.1, -0.05) is 57.2 Å². The zero-order chi connectivity index (χ0) is 16.0. The molecule has 0 N–H and O–H groups in total. The molecule has 0 fully saturated rings. The second-order valence-corrected chi connectivity index (χ2v) is 7.02. The summed E-state index contributed by atoms with van der Waals surface area (Å²) < 4.78 is 2.30. The van der Waals surface area contributed by atoms with Crippen molar-refractivity contribution in [2.45, 2.75) is 26.2 Å². The number of para-hydroxylation sites is 2. The Labute approximate surface area is 136 Å². The lowest BCUT2D eigenvalue weighted by Gasteiger charge is -2.18. The SMILES string of the molecule is CC(C)(C)c1ccc(-n2c3ccccc3c3ccccc32)cn1. The lowest BCUT2D eigenvalue weighted by atomic mass is 9.92. The number of nitrogens with zero attached hydrogens (tertiary/aromatic N) is 2. The number of pyridine rings is 1. The van der Waals surface area contributed by atoms with Crippen molar-refractivity contribution in [2.75, 3.05) is 0 Å². The van der Waals surface area contributed by atoms with Crippen molar-refractivity contribution in [2.24, 2.45) is 0 Å². The third-order valence-corrected chi connectivity index (χ3v) is 4.35. The summed E-state index contributed by atoms with van der Waals surface area (Å²) in [5.41, 5.74) is 4.73. The third kappa shape index (κ3) is 2.22. The van der Waals surface area contributed by atoms with E-state index >= 15 is 0 Å². The molecule has 0 aliphatic rings. The van der Waals surface area contributed by atoms with Crippen molar-refractivity contribution in [1.29, 1.82) is 0 Å². The van der Waals surface area contributed by atoms with Crippen molar-refractivity contribution in [3.05, 3.63) is 72.6 Å². The Kier molecular flexibility index (Phi) is 3.02. The van der Waals surface area contributed by atoms with E-state index in [0.717, 1.165) is 11.4 Å². The molecular weight excluding hydrogens is 280 g/mol. The fraction of sp³-hybridized carbons (Fsp3) is 0.190. The molecule has 4 rings (SSSR count). The molecule has 0 bridgehead atoms. The summed E-state index contributed by atoms with van der Waals surface area (Å²) in [5, 5.41) is 2.56. The van der Waals surface area contributed by atoms with Crippen LogP contribution in [-0.2, 0) is 5.41 Å². The van der Waals surface area contributed by atoms with E-state index in [4.69, 9.17) is 4.98 Å². The summed E-state index contributed by atoms with van der Waals surface area (Å²) >= 11 is 0. The molecule has 2 heterocycles. The van der Waals surface area contributed by atoms with Crippen LogP contribution in [0.25, 0.3) is 27.5 Å². The first-order valence-corrected chi connectivity index (χ1v) is 8.01. The van der Waals surface area contributed by atoms with Gasteiger partial charge in [-0.15, -0.1) is 0 Å². The highest BCUT2D eigenvalue weighted by Crippen LogP contribution is 2.31. The van der Waals surface area contributed by atoms with E-state index in [1.807, 2.05) is 6.20 Å². The van der Waals surface area contributed by atoms with E-state index < -0.39 is 0 Å². The molecule has 0 aliphatic heterocycles.